The van der Waals surface area contributed by atoms with Crippen LogP contribution in [0.3, 0.4) is 0 Å². The van der Waals surface area contributed by atoms with Gasteiger partial charge in [-0.15, -0.1) is 0 Å². The van der Waals surface area contributed by atoms with E-state index < -0.39 is 12.1 Å². The molecule has 0 aromatic rings. The third-order valence-electron chi connectivity index (χ3n) is 12.8. The second-order valence-corrected chi connectivity index (χ2v) is 19.8. The minimum absolute atomic E-state index is 0.108. The summed E-state index contributed by atoms with van der Waals surface area (Å²) in [6, 6.07) is 0. The summed E-state index contributed by atoms with van der Waals surface area (Å²) in [5.41, 5.74) is 0. The molecule has 0 bridgehead atoms. The lowest BCUT2D eigenvalue weighted by atomic mass is 10.0. The minimum atomic E-state index is -0.819. The molecule has 0 aliphatic carbocycles. The van der Waals surface area contributed by atoms with Gasteiger partial charge in [0.2, 0.25) is 0 Å². The molecule has 1 unspecified atom stereocenters. The predicted octanol–water partition coefficient (Wildman–Crippen LogP) is 20.7. The van der Waals surface area contributed by atoms with Gasteiger partial charge in [0.1, 0.15) is 13.2 Å². The highest BCUT2D eigenvalue weighted by Crippen LogP contribution is 2.16. The van der Waals surface area contributed by atoms with Gasteiger partial charge in [-0.2, -0.15) is 0 Å². The van der Waals surface area contributed by atoms with Gasteiger partial charge in [-0.05, 0) is 109 Å². The summed E-state index contributed by atoms with van der Waals surface area (Å²) in [6.07, 6.45) is 82.6. The summed E-state index contributed by atoms with van der Waals surface area (Å²) in [7, 11) is 0. The summed E-state index contributed by atoms with van der Waals surface area (Å²) in [5, 5.41) is 0. The van der Waals surface area contributed by atoms with E-state index in [1.807, 2.05) is 12.2 Å². The van der Waals surface area contributed by atoms with Gasteiger partial charge in [0.05, 0.1) is 0 Å². The maximum Gasteiger partial charge on any atom is 0.306 e. The fraction of sp³-hybridized carbons (Fsp3) is 0.687. The van der Waals surface area contributed by atoms with Gasteiger partial charge in [0.15, 0.2) is 6.10 Å². The smallest absolute Gasteiger partial charge is 0.306 e. The van der Waals surface area contributed by atoms with Gasteiger partial charge < -0.3 is 14.2 Å². The van der Waals surface area contributed by atoms with Crippen LogP contribution in [0.5, 0.6) is 0 Å². The molecule has 0 aliphatic heterocycles. The number of ether oxygens (including phenoxy) is 3. The molecule has 6 nitrogen and oxygen atoms in total. The van der Waals surface area contributed by atoms with E-state index in [-0.39, 0.29) is 31.6 Å². The van der Waals surface area contributed by atoms with Crippen LogP contribution >= 0.6 is 0 Å². The number of carbonyl (C=O) groups is 3. The monoisotopic (exact) mass is 1010 g/mol. The summed E-state index contributed by atoms with van der Waals surface area (Å²) in [5.74, 6) is -0.997. The fourth-order valence-electron chi connectivity index (χ4n) is 8.27. The Morgan fingerprint density at radius 3 is 0.904 bits per heavy atom. The molecule has 0 spiro atoms. The van der Waals surface area contributed by atoms with Crippen molar-refractivity contribution in [3.05, 3.63) is 109 Å². The average molecular weight is 1010 g/mol. The molecule has 6 heteroatoms. The average Bonchev–Trinajstić information content (AvgIpc) is 3.39. The first-order valence-electron chi connectivity index (χ1n) is 30.4. The SMILES string of the molecule is CC/C=C\C/C=C\C/C=C\C/C=C\CCCCCCCCCCCCCCCCCCC(=O)OCC(COC(=O)CCCCCCC/C=C\CCCCCC)OC(=O)CC/C=C\C/C=C\C/C=C\C/C=C\CC. The minimum Gasteiger partial charge on any atom is -0.462 e. The Morgan fingerprint density at radius 2 is 0.562 bits per heavy atom. The van der Waals surface area contributed by atoms with Gasteiger partial charge in [0.25, 0.3) is 0 Å². The Labute approximate surface area is 450 Å². The first-order chi connectivity index (χ1) is 36.0. The van der Waals surface area contributed by atoms with Crippen LogP contribution in [-0.4, -0.2) is 37.2 Å². The van der Waals surface area contributed by atoms with E-state index >= 15 is 0 Å². The summed E-state index contributed by atoms with van der Waals surface area (Å²) < 4.78 is 16.8. The molecule has 0 fully saturated rings. The maximum absolute atomic E-state index is 12.8. The Kier molecular flexibility index (Phi) is 57.4. The lowest BCUT2D eigenvalue weighted by molar-refractivity contribution is -0.166. The molecule has 0 saturated heterocycles. The van der Waals surface area contributed by atoms with Crippen molar-refractivity contribution in [3.8, 4) is 0 Å². The van der Waals surface area contributed by atoms with E-state index in [4.69, 9.17) is 14.2 Å². The van der Waals surface area contributed by atoms with Crippen molar-refractivity contribution < 1.29 is 28.6 Å². The lowest BCUT2D eigenvalue weighted by Crippen LogP contribution is -2.30. The largest absolute Gasteiger partial charge is 0.462 e. The highest BCUT2D eigenvalue weighted by atomic mass is 16.6. The molecule has 0 aromatic heterocycles. The fourth-order valence-corrected chi connectivity index (χ4v) is 8.27. The van der Waals surface area contributed by atoms with E-state index in [1.165, 1.54) is 128 Å². The molecule has 0 radical (unpaired) electrons. The number of hydrogen-bond acceptors (Lipinski definition) is 6. The zero-order valence-electron chi connectivity index (χ0n) is 47.6. The zero-order chi connectivity index (χ0) is 52.9. The van der Waals surface area contributed by atoms with Gasteiger partial charge in [0, 0.05) is 19.3 Å². The van der Waals surface area contributed by atoms with Crippen LogP contribution in [0.1, 0.15) is 278 Å². The van der Waals surface area contributed by atoms with Crippen molar-refractivity contribution in [3.63, 3.8) is 0 Å². The summed E-state index contributed by atoms with van der Waals surface area (Å²) in [6.45, 7) is 6.34. The van der Waals surface area contributed by atoms with Crippen molar-refractivity contribution in [1.29, 1.82) is 0 Å². The molecule has 0 heterocycles. The van der Waals surface area contributed by atoms with E-state index in [2.05, 4.69) is 118 Å². The van der Waals surface area contributed by atoms with Gasteiger partial charge in [-0.25, -0.2) is 0 Å². The van der Waals surface area contributed by atoms with Gasteiger partial charge in [-0.3, -0.25) is 14.4 Å². The Balaban J connectivity index is 4.24. The van der Waals surface area contributed by atoms with Crippen LogP contribution in [0.25, 0.3) is 0 Å². The van der Waals surface area contributed by atoms with Crippen molar-refractivity contribution in [2.24, 2.45) is 0 Å². The Bertz CT molecular complexity index is 1490. The second-order valence-electron chi connectivity index (χ2n) is 19.8. The molecule has 0 aliphatic rings. The van der Waals surface area contributed by atoms with Crippen LogP contribution in [-0.2, 0) is 28.6 Å². The molecule has 0 N–H and O–H groups in total. The van der Waals surface area contributed by atoms with E-state index in [0.717, 1.165) is 103 Å². The van der Waals surface area contributed by atoms with Crippen molar-refractivity contribution in [2.45, 2.75) is 284 Å². The summed E-state index contributed by atoms with van der Waals surface area (Å²) in [4.78, 5) is 38.1. The first kappa shape index (κ1) is 69.1. The number of hydrogen-bond donors (Lipinski definition) is 0. The zero-order valence-corrected chi connectivity index (χ0v) is 47.6. The maximum atomic E-state index is 12.8. The van der Waals surface area contributed by atoms with E-state index in [1.54, 1.807) is 0 Å². The topological polar surface area (TPSA) is 78.9 Å². The summed E-state index contributed by atoms with van der Waals surface area (Å²) >= 11 is 0. The highest BCUT2D eigenvalue weighted by molar-refractivity contribution is 5.71. The van der Waals surface area contributed by atoms with E-state index in [0.29, 0.717) is 19.3 Å². The molecular weight excluding hydrogens is 901 g/mol. The lowest BCUT2D eigenvalue weighted by Gasteiger charge is -2.18. The first-order valence-corrected chi connectivity index (χ1v) is 30.4. The number of esters is 3. The second kappa shape index (κ2) is 60.6. The van der Waals surface area contributed by atoms with Crippen LogP contribution < -0.4 is 0 Å². The van der Waals surface area contributed by atoms with Gasteiger partial charge >= 0.3 is 17.9 Å². The highest BCUT2D eigenvalue weighted by Gasteiger charge is 2.19. The van der Waals surface area contributed by atoms with E-state index in [9.17, 15) is 14.4 Å². The van der Waals surface area contributed by atoms with Crippen LogP contribution in [0.2, 0.25) is 0 Å². The van der Waals surface area contributed by atoms with Crippen molar-refractivity contribution in [2.75, 3.05) is 13.2 Å². The quantitative estimate of drug-likeness (QED) is 0.0261. The molecule has 0 rings (SSSR count). The molecule has 0 saturated carbocycles. The number of allylic oxidation sites excluding steroid dienone is 18. The molecule has 1 atom stereocenters. The van der Waals surface area contributed by atoms with Gasteiger partial charge in [-0.1, -0.05) is 259 Å². The van der Waals surface area contributed by atoms with Crippen molar-refractivity contribution in [1.82, 2.24) is 0 Å². The molecule has 0 amide bonds. The standard InChI is InChI=1S/C67H112O6/c1-4-7-10-13-16-19-22-25-26-27-28-29-30-31-32-33-34-35-36-37-38-39-40-43-45-48-51-54-57-60-66(69)72-63-64(73-67(70)61-58-55-52-49-46-42-24-21-18-15-12-9-6-3)62-71-65(68)59-56-53-50-47-44-41-23-20-17-14-11-8-5-2/h7,9-10,12,16,18-21,23,25-26,28-29,42,46,52,55,64H,4-6,8,11,13-15,17,22,24,27,30-41,43-45,47-51,53-54,56-63H2,1-3H3/b10-7-,12-9-,19-16-,21-18-,23-20-,26-25-,29-28-,46-42-,55-52-. The molecule has 0 aromatic carbocycles. The third-order valence-corrected chi connectivity index (χ3v) is 12.8. The third kappa shape index (κ3) is 58.8. The van der Waals surface area contributed by atoms with Crippen molar-refractivity contribution >= 4 is 17.9 Å². The van der Waals surface area contributed by atoms with Crippen LogP contribution in [0.4, 0.5) is 0 Å². The normalized spacial score (nSPS) is 12.9. The Hall–Kier alpha value is -3.93. The number of unbranched alkanes of at least 4 members (excludes halogenated alkanes) is 25. The number of rotatable bonds is 54. The number of carbonyl (C=O) groups excluding carboxylic acids is 3. The predicted molar refractivity (Wildman–Crippen MR) is 316 cm³/mol. The molecular formula is C67H112O6. The van der Waals surface area contributed by atoms with Crippen LogP contribution in [0.15, 0.2) is 109 Å². The Morgan fingerprint density at radius 1 is 0.288 bits per heavy atom. The molecule has 416 valence electrons. The van der Waals surface area contributed by atoms with Crippen LogP contribution in [0, 0.1) is 0 Å². The molecule has 73 heavy (non-hydrogen) atoms.